The second kappa shape index (κ2) is 7.11. The molecular formula is C17H24N4O. The van der Waals surface area contributed by atoms with Gasteiger partial charge in [-0.1, -0.05) is 29.3 Å². The molecule has 22 heavy (non-hydrogen) atoms. The number of urea groups is 1. The van der Waals surface area contributed by atoms with Crippen molar-refractivity contribution >= 4 is 6.03 Å². The van der Waals surface area contributed by atoms with E-state index in [4.69, 9.17) is 0 Å². The summed E-state index contributed by atoms with van der Waals surface area (Å²) in [6.07, 6.45) is 4.40. The number of amides is 2. The predicted octanol–water partition coefficient (Wildman–Crippen LogP) is 2.47. The SMILES string of the molecule is Cc1cc(C)cc(CC(C)NC(=O)NCc2nccn2C)c1. The smallest absolute Gasteiger partial charge is 0.315 e. The molecule has 0 fully saturated rings. The zero-order valence-corrected chi connectivity index (χ0v) is 13.7. The normalized spacial score (nSPS) is 12.0. The number of imidazole rings is 1. The number of rotatable bonds is 5. The number of carbonyl (C=O) groups excluding carboxylic acids is 1. The Balaban J connectivity index is 1.82. The molecule has 0 radical (unpaired) electrons. The van der Waals surface area contributed by atoms with E-state index in [1.165, 1.54) is 16.7 Å². The van der Waals surface area contributed by atoms with E-state index in [0.717, 1.165) is 12.2 Å². The molecule has 1 aromatic heterocycles. The second-order valence-electron chi connectivity index (χ2n) is 5.88. The van der Waals surface area contributed by atoms with Crippen molar-refractivity contribution in [1.82, 2.24) is 20.2 Å². The summed E-state index contributed by atoms with van der Waals surface area (Å²) in [7, 11) is 1.91. The maximum Gasteiger partial charge on any atom is 0.315 e. The number of aryl methyl sites for hydroxylation is 3. The van der Waals surface area contributed by atoms with Crippen LogP contribution in [0.2, 0.25) is 0 Å². The van der Waals surface area contributed by atoms with Gasteiger partial charge in [0, 0.05) is 25.5 Å². The summed E-state index contributed by atoms with van der Waals surface area (Å²) in [6.45, 7) is 6.62. The Labute approximate surface area is 131 Å². The molecule has 1 unspecified atom stereocenters. The van der Waals surface area contributed by atoms with Gasteiger partial charge < -0.3 is 15.2 Å². The van der Waals surface area contributed by atoms with E-state index < -0.39 is 0 Å². The molecule has 0 bridgehead atoms. The van der Waals surface area contributed by atoms with E-state index >= 15 is 0 Å². The highest BCUT2D eigenvalue weighted by atomic mass is 16.2. The molecule has 1 aromatic carbocycles. The Hall–Kier alpha value is -2.30. The lowest BCUT2D eigenvalue weighted by Gasteiger charge is -2.15. The van der Waals surface area contributed by atoms with Crippen LogP contribution < -0.4 is 10.6 Å². The molecular weight excluding hydrogens is 276 g/mol. The van der Waals surface area contributed by atoms with Gasteiger partial charge in [0.2, 0.25) is 0 Å². The Morgan fingerprint density at radius 2 is 1.95 bits per heavy atom. The number of hydrogen-bond acceptors (Lipinski definition) is 2. The third-order valence-electron chi connectivity index (χ3n) is 3.53. The third kappa shape index (κ3) is 4.62. The van der Waals surface area contributed by atoms with Gasteiger partial charge in [-0.15, -0.1) is 0 Å². The fraction of sp³-hybridized carbons (Fsp3) is 0.412. The minimum Gasteiger partial charge on any atom is -0.337 e. The number of nitrogens with zero attached hydrogens (tertiary/aromatic N) is 2. The number of carbonyl (C=O) groups is 1. The standard InChI is InChI=1S/C17H24N4O/c1-12-7-13(2)9-15(8-12)10-14(3)20-17(22)19-11-16-18-5-6-21(16)4/h5-9,14H,10-11H2,1-4H3,(H2,19,20,22). The zero-order chi connectivity index (χ0) is 16.1. The van der Waals surface area contributed by atoms with Crippen molar-refractivity contribution in [2.45, 2.75) is 39.8 Å². The predicted molar refractivity (Wildman–Crippen MR) is 87.7 cm³/mol. The molecule has 1 atom stereocenters. The molecule has 0 spiro atoms. The van der Waals surface area contributed by atoms with Crippen LogP contribution in [-0.4, -0.2) is 21.6 Å². The quantitative estimate of drug-likeness (QED) is 0.891. The minimum atomic E-state index is -0.167. The van der Waals surface area contributed by atoms with Crippen LogP contribution in [0.5, 0.6) is 0 Å². The molecule has 2 N–H and O–H groups in total. The molecule has 1 heterocycles. The first-order chi connectivity index (χ1) is 10.4. The van der Waals surface area contributed by atoms with Crippen molar-refractivity contribution in [2.24, 2.45) is 7.05 Å². The van der Waals surface area contributed by atoms with E-state index in [2.05, 4.69) is 47.7 Å². The molecule has 2 aromatic rings. The van der Waals surface area contributed by atoms with Crippen LogP contribution in [0.3, 0.4) is 0 Å². The van der Waals surface area contributed by atoms with Crippen LogP contribution >= 0.6 is 0 Å². The highest BCUT2D eigenvalue weighted by molar-refractivity contribution is 5.74. The van der Waals surface area contributed by atoms with Crippen molar-refractivity contribution in [1.29, 1.82) is 0 Å². The van der Waals surface area contributed by atoms with Crippen molar-refractivity contribution in [3.05, 3.63) is 53.1 Å². The highest BCUT2D eigenvalue weighted by Gasteiger charge is 2.09. The summed E-state index contributed by atoms with van der Waals surface area (Å²) in [5.74, 6) is 0.831. The van der Waals surface area contributed by atoms with Crippen LogP contribution in [0.15, 0.2) is 30.6 Å². The number of nitrogens with one attached hydrogen (secondary N) is 2. The van der Waals surface area contributed by atoms with Gasteiger partial charge in [0.15, 0.2) is 0 Å². The Kier molecular flexibility index (Phi) is 5.20. The van der Waals surface area contributed by atoms with Gasteiger partial charge in [-0.25, -0.2) is 9.78 Å². The summed E-state index contributed by atoms with van der Waals surface area (Å²) in [5.41, 5.74) is 3.75. The van der Waals surface area contributed by atoms with Gasteiger partial charge in [0.1, 0.15) is 5.82 Å². The van der Waals surface area contributed by atoms with E-state index in [1.54, 1.807) is 6.20 Å². The first-order valence-electron chi connectivity index (χ1n) is 7.52. The molecule has 0 aliphatic heterocycles. The largest absolute Gasteiger partial charge is 0.337 e. The number of hydrogen-bond donors (Lipinski definition) is 2. The average molecular weight is 300 g/mol. The summed E-state index contributed by atoms with van der Waals surface area (Å²) in [4.78, 5) is 16.1. The van der Waals surface area contributed by atoms with Crippen molar-refractivity contribution in [3.63, 3.8) is 0 Å². The van der Waals surface area contributed by atoms with E-state index in [-0.39, 0.29) is 12.1 Å². The van der Waals surface area contributed by atoms with Gasteiger partial charge in [-0.2, -0.15) is 0 Å². The number of benzene rings is 1. The van der Waals surface area contributed by atoms with Gasteiger partial charge in [0.25, 0.3) is 0 Å². The molecule has 5 heteroatoms. The van der Waals surface area contributed by atoms with Crippen LogP contribution in [0.4, 0.5) is 4.79 Å². The lowest BCUT2D eigenvalue weighted by Crippen LogP contribution is -2.41. The first kappa shape index (κ1) is 16.1. The Bertz CT molecular complexity index is 628. The topological polar surface area (TPSA) is 59.0 Å². The van der Waals surface area contributed by atoms with Gasteiger partial charge in [-0.3, -0.25) is 0 Å². The van der Waals surface area contributed by atoms with Crippen LogP contribution in [0.1, 0.15) is 29.4 Å². The van der Waals surface area contributed by atoms with Gasteiger partial charge >= 0.3 is 6.03 Å². The highest BCUT2D eigenvalue weighted by Crippen LogP contribution is 2.10. The third-order valence-corrected chi connectivity index (χ3v) is 3.53. The summed E-state index contributed by atoms with van der Waals surface area (Å²) in [5, 5.41) is 5.79. The summed E-state index contributed by atoms with van der Waals surface area (Å²) >= 11 is 0. The average Bonchev–Trinajstić information content (AvgIpc) is 2.80. The molecule has 5 nitrogen and oxygen atoms in total. The zero-order valence-electron chi connectivity index (χ0n) is 13.7. The van der Waals surface area contributed by atoms with Gasteiger partial charge in [0.05, 0.1) is 6.54 Å². The molecule has 0 aliphatic carbocycles. The molecule has 118 valence electrons. The van der Waals surface area contributed by atoms with E-state index in [1.807, 2.05) is 24.7 Å². The van der Waals surface area contributed by atoms with E-state index in [0.29, 0.717) is 6.54 Å². The molecule has 0 saturated heterocycles. The lowest BCUT2D eigenvalue weighted by atomic mass is 10.0. The van der Waals surface area contributed by atoms with Crippen LogP contribution in [0, 0.1) is 13.8 Å². The lowest BCUT2D eigenvalue weighted by molar-refractivity contribution is 0.237. The molecule has 0 saturated carbocycles. The fourth-order valence-electron chi connectivity index (χ4n) is 2.59. The molecule has 0 aliphatic rings. The molecule has 2 amide bonds. The van der Waals surface area contributed by atoms with Gasteiger partial charge in [-0.05, 0) is 32.8 Å². The van der Waals surface area contributed by atoms with Crippen LogP contribution in [0.25, 0.3) is 0 Å². The Morgan fingerprint density at radius 3 is 2.55 bits per heavy atom. The molecule has 2 rings (SSSR count). The second-order valence-corrected chi connectivity index (χ2v) is 5.88. The van der Waals surface area contributed by atoms with Crippen molar-refractivity contribution < 1.29 is 4.79 Å². The summed E-state index contributed by atoms with van der Waals surface area (Å²) < 4.78 is 1.89. The van der Waals surface area contributed by atoms with Crippen LogP contribution in [-0.2, 0) is 20.0 Å². The minimum absolute atomic E-state index is 0.0718. The Morgan fingerprint density at radius 1 is 1.27 bits per heavy atom. The first-order valence-corrected chi connectivity index (χ1v) is 7.52. The maximum absolute atomic E-state index is 11.9. The van der Waals surface area contributed by atoms with Crippen molar-refractivity contribution in [2.75, 3.05) is 0 Å². The number of aromatic nitrogens is 2. The summed E-state index contributed by atoms with van der Waals surface area (Å²) in [6, 6.07) is 6.39. The maximum atomic E-state index is 11.9. The monoisotopic (exact) mass is 300 g/mol. The fourth-order valence-corrected chi connectivity index (χ4v) is 2.59. The van der Waals surface area contributed by atoms with Crippen molar-refractivity contribution in [3.8, 4) is 0 Å². The van der Waals surface area contributed by atoms with E-state index in [9.17, 15) is 4.79 Å².